The summed E-state index contributed by atoms with van der Waals surface area (Å²) in [7, 11) is 0. The lowest BCUT2D eigenvalue weighted by Crippen LogP contribution is -2.57. The van der Waals surface area contributed by atoms with E-state index in [1.165, 1.54) is 56.9 Å². The molecule has 3 atom stereocenters. The molecule has 122 valence electrons. The van der Waals surface area contributed by atoms with Gasteiger partial charge < -0.3 is 9.64 Å². The molecule has 0 N–H and O–H groups in total. The highest BCUT2D eigenvalue weighted by Crippen LogP contribution is 2.58. The maximum Gasteiger partial charge on any atom is 0.144 e. The molecule has 0 unspecified atom stereocenters. The van der Waals surface area contributed by atoms with Gasteiger partial charge >= 0.3 is 0 Å². The Morgan fingerprint density at radius 2 is 1.87 bits per heavy atom. The third-order valence-corrected chi connectivity index (χ3v) is 6.75. The van der Waals surface area contributed by atoms with Crippen LogP contribution < -0.4 is 0 Å². The van der Waals surface area contributed by atoms with Crippen molar-refractivity contribution < 1.29 is 4.74 Å². The van der Waals surface area contributed by atoms with E-state index in [1.54, 1.807) is 11.3 Å². The molecule has 5 rings (SSSR count). The molecule has 1 spiro atoms. The van der Waals surface area contributed by atoms with Crippen LogP contribution in [0.2, 0.25) is 0 Å². The number of ether oxygens (including phenoxy) is 1. The van der Waals surface area contributed by atoms with Crippen molar-refractivity contribution in [3.8, 4) is 0 Å². The number of hydrogen-bond donors (Lipinski definition) is 0. The topological polar surface area (TPSA) is 12.5 Å². The van der Waals surface area contributed by atoms with E-state index >= 15 is 0 Å². The standard InChI is InChI=1S/C21H27NO/c1-2-8-16(9-3-1)20-17-10-4-5-12-19(17)22-14-15-23-21(22)13-7-6-11-18(20)21/h1-3,8-9,18,20H,4-7,10-15H2/t18-,20-,21+/m0/s1. The number of fused-ring (bicyclic) bond motifs is 1. The fourth-order valence-corrected chi connectivity index (χ4v) is 5.93. The maximum atomic E-state index is 6.54. The van der Waals surface area contributed by atoms with Gasteiger partial charge in [0.2, 0.25) is 0 Å². The Balaban J connectivity index is 1.69. The second-order valence-corrected chi connectivity index (χ2v) is 7.76. The maximum absolute atomic E-state index is 6.54. The summed E-state index contributed by atoms with van der Waals surface area (Å²) in [6.07, 6.45) is 10.6. The fourth-order valence-electron chi connectivity index (χ4n) is 5.93. The average molecular weight is 309 g/mol. The minimum absolute atomic E-state index is 0.0227. The van der Waals surface area contributed by atoms with Gasteiger partial charge in [0.05, 0.1) is 6.61 Å². The third-order valence-electron chi connectivity index (χ3n) is 6.75. The molecule has 2 aliphatic carbocycles. The van der Waals surface area contributed by atoms with E-state index in [-0.39, 0.29) is 5.72 Å². The van der Waals surface area contributed by atoms with Crippen LogP contribution in [0.4, 0.5) is 0 Å². The van der Waals surface area contributed by atoms with Gasteiger partial charge in [0, 0.05) is 24.1 Å². The quantitative estimate of drug-likeness (QED) is 0.736. The van der Waals surface area contributed by atoms with Gasteiger partial charge in [-0.2, -0.15) is 0 Å². The van der Waals surface area contributed by atoms with Gasteiger partial charge in [0.15, 0.2) is 0 Å². The van der Waals surface area contributed by atoms with E-state index in [4.69, 9.17) is 4.74 Å². The Labute approximate surface area is 139 Å². The fraction of sp³-hybridized carbons (Fsp3) is 0.619. The van der Waals surface area contributed by atoms with E-state index in [9.17, 15) is 0 Å². The summed E-state index contributed by atoms with van der Waals surface area (Å²) in [5, 5.41) is 0. The van der Waals surface area contributed by atoms with Gasteiger partial charge in [-0.3, -0.25) is 0 Å². The monoisotopic (exact) mass is 309 g/mol. The van der Waals surface area contributed by atoms with E-state index < -0.39 is 0 Å². The summed E-state index contributed by atoms with van der Waals surface area (Å²) in [6, 6.07) is 11.3. The van der Waals surface area contributed by atoms with Gasteiger partial charge in [-0.25, -0.2) is 0 Å². The van der Waals surface area contributed by atoms with Crippen molar-refractivity contribution in [2.24, 2.45) is 5.92 Å². The van der Waals surface area contributed by atoms with Crippen LogP contribution in [-0.2, 0) is 4.74 Å². The van der Waals surface area contributed by atoms with Crippen molar-refractivity contribution in [1.82, 2.24) is 4.90 Å². The van der Waals surface area contributed by atoms with Gasteiger partial charge in [0.1, 0.15) is 5.72 Å². The molecule has 0 radical (unpaired) electrons. The van der Waals surface area contributed by atoms with Crippen LogP contribution in [0.5, 0.6) is 0 Å². The molecular formula is C21H27NO. The average Bonchev–Trinajstić information content (AvgIpc) is 3.04. The summed E-state index contributed by atoms with van der Waals surface area (Å²) in [4.78, 5) is 2.73. The zero-order chi connectivity index (χ0) is 15.3. The van der Waals surface area contributed by atoms with Crippen LogP contribution in [0.1, 0.15) is 62.8 Å². The molecule has 2 heterocycles. The summed E-state index contributed by atoms with van der Waals surface area (Å²) in [6.45, 7) is 2.05. The summed E-state index contributed by atoms with van der Waals surface area (Å²) >= 11 is 0. The zero-order valence-corrected chi connectivity index (χ0v) is 14.0. The lowest BCUT2D eigenvalue weighted by molar-refractivity contribution is -0.150. The Morgan fingerprint density at radius 3 is 2.78 bits per heavy atom. The molecule has 1 aromatic rings. The second kappa shape index (κ2) is 5.37. The van der Waals surface area contributed by atoms with Crippen molar-refractivity contribution in [1.29, 1.82) is 0 Å². The summed E-state index contributed by atoms with van der Waals surface area (Å²) in [5.74, 6) is 1.25. The molecule has 23 heavy (non-hydrogen) atoms. The van der Waals surface area contributed by atoms with Crippen molar-refractivity contribution in [2.75, 3.05) is 13.2 Å². The highest BCUT2D eigenvalue weighted by molar-refractivity contribution is 5.39. The number of hydrogen-bond acceptors (Lipinski definition) is 2. The molecule has 1 saturated heterocycles. The highest BCUT2D eigenvalue weighted by Gasteiger charge is 2.57. The van der Waals surface area contributed by atoms with Crippen molar-refractivity contribution in [2.45, 2.75) is 63.0 Å². The van der Waals surface area contributed by atoms with Crippen molar-refractivity contribution in [3.63, 3.8) is 0 Å². The number of rotatable bonds is 1. The molecule has 4 aliphatic rings. The first kappa shape index (κ1) is 14.1. The first-order valence-electron chi connectivity index (χ1n) is 9.59. The third kappa shape index (κ3) is 1.97. The van der Waals surface area contributed by atoms with Gasteiger partial charge in [0.25, 0.3) is 0 Å². The van der Waals surface area contributed by atoms with Crippen LogP contribution >= 0.6 is 0 Å². The van der Waals surface area contributed by atoms with Gasteiger partial charge in [-0.1, -0.05) is 36.8 Å². The van der Waals surface area contributed by atoms with E-state index in [0.29, 0.717) is 11.8 Å². The van der Waals surface area contributed by atoms with E-state index in [0.717, 1.165) is 13.2 Å². The summed E-state index contributed by atoms with van der Waals surface area (Å²) < 4.78 is 6.54. The Hall–Kier alpha value is -1.28. The van der Waals surface area contributed by atoms with Gasteiger partial charge in [-0.15, -0.1) is 0 Å². The smallest absolute Gasteiger partial charge is 0.144 e. The predicted octanol–water partition coefficient (Wildman–Crippen LogP) is 4.83. The molecule has 0 bridgehead atoms. The largest absolute Gasteiger partial charge is 0.353 e. The molecule has 1 aromatic carbocycles. The van der Waals surface area contributed by atoms with Crippen molar-refractivity contribution in [3.05, 3.63) is 47.2 Å². The zero-order valence-electron chi connectivity index (χ0n) is 14.0. The number of allylic oxidation sites excluding steroid dienone is 2. The minimum atomic E-state index is 0.0227. The van der Waals surface area contributed by atoms with Crippen LogP contribution in [0.25, 0.3) is 0 Å². The first-order valence-corrected chi connectivity index (χ1v) is 9.59. The molecule has 2 heteroatoms. The predicted molar refractivity (Wildman–Crippen MR) is 92.0 cm³/mol. The lowest BCUT2D eigenvalue weighted by atomic mass is 9.63. The number of benzene rings is 1. The first-order chi connectivity index (χ1) is 11.4. The molecule has 2 aliphatic heterocycles. The highest BCUT2D eigenvalue weighted by atomic mass is 16.5. The van der Waals surface area contributed by atoms with E-state index in [2.05, 4.69) is 35.2 Å². The molecule has 2 fully saturated rings. The SMILES string of the molecule is c1ccc([C@H]2C3=C(CCCC3)N3CCO[C@@]34CCCC[C@@H]24)cc1. The minimum Gasteiger partial charge on any atom is -0.353 e. The Bertz CT molecular complexity index is 622. The number of nitrogens with zero attached hydrogens (tertiary/aromatic N) is 1. The molecule has 1 saturated carbocycles. The second-order valence-electron chi connectivity index (χ2n) is 7.76. The van der Waals surface area contributed by atoms with Crippen molar-refractivity contribution >= 4 is 0 Å². The summed E-state index contributed by atoms with van der Waals surface area (Å²) in [5.41, 5.74) is 4.98. The van der Waals surface area contributed by atoms with Crippen LogP contribution in [0.3, 0.4) is 0 Å². The normalized spacial score (nSPS) is 36.4. The van der Waals surface area contributed by atoms with Crippen LogP contribution in [-0.4, -0.2) is 23.8 Å². The molecule has 2 nitrogen and oxygen atoms in total. The van der Waals surface area contributed by atoms with E-state index in [1.807, 2.05) is 0 Å². The molecule has 0 amide bonds. The molecular weight excluding hydrogens is 282 g/mol. The Morgan fingerprint density at radius 1 is 1.00 bits per heavy atom. The Kier molecular flexibility index (Phi) is 3.29. The van der Waals surface area contributed by atoms with Crippen LogP contribution in [0, 0.1) is 5.92 Å². The molecule has 0 aromatic heterocycles. The van der Waals surface area contributed by atoms with Crippen LogP contribution in [0.15, 0.2) is 41.6 Å². The lowest BCUT2D eigenvalue weighted by Gasteiger charge is -2.56. The van der Waals surface area contributed by atoms with Gasteiger partial charge in [-0.05, 0) is 56.1 Å².